The van der Waals surface area contributed by atoms with Crippen molar-refractivity contribution in [3.63, 3.8) is 0 Å². The maximum atomic E-state index is 14.2. The van der Waals surface area contributed by atoms with Crippen LogP contribution in [0.25, 0.3) is 5.52 Å². The van der Waals surface area contributed by atoms with Crippen LogP contribution in [0.15, 0.2) is 30.7 Å². The monoisotopic (exact) mass is 417 g/mol. The zero-order chi connectivity index (χ0) is 21.1. The molecule has 0 atom stereocenters. The Hall–Kier alpha value is -3.31. The number of ether oxygens (including phenoxy) is 3. The summed E-state index contributed by atoms with van der Waals surface area (Å²) in [7, 11) is 0. The van der Waals surface area contributed by atoms with Gasteiger partial charge in [0.15, 0.2) is 11.6 Å². The lowest BCUT2D eigenvalue weighted by molar-refractivity contribution is -0.385. The van der Waals surface area contributed by atoms with Crippen LogP contribution < -0.4 is 9.47 Å². The summed E-state index contributed by atoms with van der Waals surface area (Å²) in [6.45, 7) is 6.32. The number of benzene rings is 1. The second-order valence-electron chi connectivity index (χ2n) is 6.75. The molecule has 11 heteroatoms. The zero-order valence-corrected chi connectivity index (χ0v) is 16.3. The molecule has 4 rings (SSSR count). The van der Waals surface area contributed by atoms with Crippen molar-refractivity contribution in [2.24, 2.45) is 0 Å². The minimum absolute atomic E-state index is 0.123. The van der Waals surface area contributed by atoms with Crippen molar-refractivity contribution in [3.05, 3.63) is 52.2 Å². The Balaban J connectivity index is 1.52. The Morgan fingerprint density at radius 1 is 1.30 bits per heavy atom. The lowest BCUT2D eigenvalue weighted by Gasteiger charge is -2.26. The van der Waals surface area contributed by atoms with E-state index in [2.05, 4.69) is 15.0 Å². The molecule has 3 heterocycles. The van der Waals surface area contributed by atoms with E-state index >= 15 is 0 Å². The molecule has 1 aromatic carbocycles. The molecule has 1 aliphatic heterocycles. The average molecular weight is 417 g/mol. The van der Waals surface area contributed by atoms with Gasteiger partial charge in [-0.2, -0.15) is 10.1 Å². The lowest BCUT2D eigenvalue weighted by Crippen LogP contribution is -2.38. The fourth-order valence-electron chi connectivity index (χ4n) is 3.23. The van der Waals surface area contributed by atoms with Gasteiger partial charge in [-0.3, -0.25) is 15.0 Å². The van der Waals surface area contributed by atoms with Crippen LogP contribution in [-0.4, -0.2) is 63.9 Å². The molecular formula is C19H20FN5O5. The van der Waals surface area contributed by atoms with Gasteiger partial charge in [0.25, 0.3) is 5.69 Å². The van der Waals surface area contributed by atoms with Crippen LogP contribution in [-0.2, 0) is 4.74 Å². The van der Waals surface area contributed by atoms with E-state index in [9.17, 15) is 14.5 Å². The van der Waals surface area contributed by atoms with E-state index < -0.39 is 10.7 Å². The van der Waals surface area contributed by atoms with Crippen LogP contribution in [0, 0.1) is 22.9 Å². The predicted molar refractivity (Wildman–Crippen MR) is 104 cm³/mol. The third-order valence-electron chi connectivity index (χ3n) is 4.85. The van der Waals surface area contributed by atoms with Crippen molar-refractivity contribution in [1.82, 2.24) is 19.5 Å². The fraction of sp³-hybridized carbons (Fsp3) is 0.368. The number of rotatable bonds is 7. The highest BCUT2D eigenvalue weighted by Gasteiger charge is 2.19. The first-order valence-corrected chi connectivity index (χ1v) is 9.40. The first-order valence-electron chi connectivity index (χ1n) is 9.40. The molecular weight excluding hydrogens is 397 g/mol. The van der Waals surface area contributed by atoms with E-state index in [0.29, 0.717) is 17.9 Å². The van der Waals surface area contributed by atoms with Gasteiger partial charge in [0.1, 0.15) is 24.2 Å². The highest BCUT2D eigenvalue weighted by atomic mass is 19.1. The fourth-order valence-corrected chi connectivity index (χ4v) is 3.23. The summed E-state index contributed by atoms with van der Waals surface area (Å²) in [5, 5.41) is 14.9. The largest absolute Gasteiger partial charge is 0.490 e. The molecule has 10 nitrogen and oxygen atoms in total. The first kappa shape index (κ1) is 20.0. The normalized spacial score (nSPS) is 14.7. The van der Waals surface area contributed by atoms with E-state index in [1.165, 1.54) is 18.5 Å². The molecule has 158 valence electrons. The van der Waals surface area contributed by atoms with Gasteiger partial charge in [-0.05, 0) is 13.0 Å². The van der Waals surface area contributed by atoms with E-state index in [1.807, 2.05) is 6.92 Å². The standard InChI is InChI=1S/C19H20FN5O5/c1-13-17(29-9-6-23-4-7-28-8-5-23)11-24-18(13)19(21-12-22-24)30-16-3-2-14(25(26)27)10-15(16)20/h2-3,10-12H,4-9H2,1H3. The highest BCUT2D eigenvalue weighted by Crippen LogP contribution is 2.33. The van der Waals surface area contributed by atoms with E-state index in [-0.39, 0.29) is 17.3 Å². The van der Waals surface area contributed by atoms with Crippen molar-refractivity contribution >= 4 is 11.2 Å². The number of aryl methyl sites for hydroxylation is 1. The number of nitro benzene ring substituents is 1. The number of aromatic nitrogens is 3. The Labute approximate surface area is 170 Å². The summed E-state index contributed by atoms with van der Waals surface area (Å²) in [5.74, 6) is -0.278. The van der Waals surface area contributed by atoms with Crippen molar-refractivity contribution in [1.29, 1.82) is 0 Å². The van der Waals surface area contributed by atoms with Gasteiger partial charge >= 0.3 is 0 Å². The van der Waals surface area contributed by atoms with Gasteiger partial charge in [0.2, 0.25) is 5.88 Å². The summed E-state index contributed by atoms with van der Waals surface area (Å²) >= 11 is 0. The van der Waals surface area contributed by atoms with Gasteiger partial charge in [-0.25, -0.2) is 8.91 Å². The Morgan fingerprint density at radius 3 is 2.83 bits per heavy atom. The maximum Gasteiger partial charge on any atom is 0.272 e. The number of hydrogen-bond donors (Lipinski definition) is 0. The summed E-state index contributed by atoms with van der Waals surface area (Å²) in [6, 6.07) is 3.17. The number of nitrogens with zero attached hydrogens (tertiary/aromatic N) is 5. The number of hydrogen-bond acceptors (Lipinski definition) is 8. The molecule has 0 saturated carbocycles. The average Bonchev–Trinajstić information content (AvgIpc) is 3.07. The third kappa shape index (κ3) is 4.16. The molecule has 1 aliphatic rings. The van der Waals surface area contributed by atoms with Crippen molar-refractivity contribution in [3.8, 4) is 17.4 Å². The summed E-state index contributed by atoms with van der Waals surface area (Å²) < 4.78 is 32.6. The van der Waals surface area contributed by atoms with Crippen molar-refractivity contribution in [2.75, 3.05) is 39.5 Å². The number of non-ortho nitro benzene ring substituents is 1. The van der Waals surface area contributed by atoms with Crippen molar-refractivity contribution in [2.45, 2.75) is 6.92 Å². The molecule has 2 aromatic heterocycles. The Kier molecular flexibility index (Phi) is 5.72. The molecule has 0 aliphatic carbocycles. The summed E-state index contributed by atoms with van der Waals surface area (Å²) in [5.41, 5.74) is 0.911. The van der Waals surface area contributed by atoms with Gasteiger partial charge in [0, 0.05) is 31.3 Å². The molecule has 0 bridgehead atoms. The molecule has 1 saturated heterocycles. The van der Waals surface area contributed by atoms with E-state index in [0.717, 1.165) is 44.5 Å². The highest BCUT2D eigenvalue weighted by molar-refractivity contribution is 5.67. The summed E-state index contributed by atoms with van der Waals surface area (Å²) in [6.07, 6.45) is 2.99. The van der Waals surface area contributed by atoms with Crippen LogP contribution in [0.4, 0.5) is 10.1 Å². The van der Waals surface area contributed by atoms with Gasteiger partial charge in [-0.1, -0.05) is 0 Å². The number of fused-ring (bicyclic) bond motifs is 1. The summed E-state index contributed by atoms with van der Waals surface area (Å²) in [4.78, 5) is 16.5. The minimum atomic E-state index is -0.854. The number of halogens is 1. The van der Waals surface area contributed by atoms with Crippen LogP contribution in [0.5, 0.6) is 17.4 Å². The van der Waals surface area contributed by atoms with Crippen LogP contribution in [0.3, 0.4) is 0 Å². The minimum Gasteiger partial charge on any atom is -0.490 e. The molecule has 30 heavy (non-hydrogen) atoms. The molecule has 0 spiro atoms. The third-order valence-corrected chi connectivity index (χ3v) is 4.85. The van der Waals surface area contributed by atoms with Crippen molar-refractivity contribution < 1.29 is 23.5 Å². The van der Waals surface area contributed by atoms with E-state index in [1.54, 1.807) is 10.7 Å². The lowest BCUT2D eigenvalue weighted by atomic mass is 10.3. The second kappa shape index (κ2) is 8.59. The molecule has 1 fully saturated rings. The topological polar surface area (TPSA) is 104 Å². The molecule has 0 radical (unpaired) electrons. The van der Waals surface area contributed by atoms with E-state index in [4.69, 9.17) is 14.2 Å². The predicted octanol–water partition coefficient (Wildman–Crippen LogP) is 2.59. The first-order chi connectivity index (χ1) is 14.5. The van der Waals surface area contributed by atoms with Crippen LogP contribution >= 0.6 is 0 Å². The van der Waals surface area contributed by atoms with Crippen LogP contribution in [0.2, 0.25) is 0 Å². The van der Waals surface area contributed by atoms with Gasteiger partial charge in [0.05, 0.1) is 30.4 Å². The maximum absolute atomic E-state index is 14.2. The van der Waals surface area contributed by atoms with Gasteiger partial charge < -0.3 is 14.2 Å². The molecule has 0 unspecified atom stereocenters. The quantitative estimate of drug-likeness (QED) is 0.427. The van der Waals surface area contributed by atoms with Gasteiger partial charge in [-0.15, -0.1) is 0 Å². The molecule has 0 N–H and O–H groups in total. The smallest absolute Gasteiger partial charge is 0.272 e. The van der Waals surface area contributed by atoms with Crippen LogP contribution in [0.1, 0.15) is 5.56 Å². The SMILES string of the molecule is Cc1c(OCCN2CCOCC2)cn2ncnc(Oc3ccc([N+](=O)[O-])cc3F)c12. The molecule has 3 aromatic rings. The number of nitro groups is 1. The second-order valence-corrected chi connectivity index (χ2v) is 6.75. The number of morpholine rings is 1. The Morgan fingerprint density at radius 2 is 2.10 bits per heavy atom. The molecule has 0 amide bonds. The zero-order valence-electron chi connectivity index (χ0n) is 16.3. The Bertz CT molecular complexity index is 1070.